The first kappa shape index (κ1) is 15.9. The molecule has 110 valence electrons. The second kappa shape index (κ2) is 7.45. The molecule has 0 radical (unpaired) electrons. The molecule has 0 aliphatic carbocycles. The van der Waals surface area contributed by atoms with Crippen LogP contribution in [0.3, 0.4) is 0 Å². The Kier molecular flexibility index (Phi) is 6.24. The van der Waals surface area contributed by atoms with Crippen molar-refractivity contribution in [3.05, 3.63) is 0 Å². The van der Waals surface area contributed by atoms with E-state index in [-0.39, 0.29) is 5.91 Å². The number of piperidine rings is 1. The van der Waals surface area contributed by atoms with Crippen molar-refractivity contribution in [2.75, 3.05) is 27.2 Å². The topological polar surface area (TPSA) is 70.7 Å². The minimum Gasteiger partial charge on any atom is -0.467 e. The molecule has 0 saturated carbocycles. The van der Waals surface area contributed by atoms with E-state index in [9.17, 15) is 9.59 Å². The molecule has 6 heteroatoms. The summed E-state index contributed by atoms with van der Waals surface area (Å²) in [5.41, 5.74) is 0. The number of methoxy groups -OCH3 is 1. The van der Waals surface area contributed by atoms with Gasteiger partial charge in [0.1, 0.15) is 6.04 Å². The molecule has 0 aromatic heterocycles. The van der Waals surface area contributed by atoms with Gasteiger partial charge in [0.05, 0.1) is 7.11 Å². The molecule has 0 aromatic rings. The molecule has 19 heavy (non-hydrogen) atoms. The Morgan fingerprint density at radius 3 is 2.68 bits per heavy atom. The van der Waals surface area contributed by atoms with Crippen molar-refractivity contribution in [2.24, 2.45) is 0 Å². The highest BCUT2D eigenvalue weighted by molar-refractivity contribution is 5.83. The molecule has 0 spiro atoms. The maximum Gasteiger partial charge on any atom is 0.329 e. The number of rotatable bonds is 5. The summed E-state index contributed by atoms with van der Waals surface area (Å²) in [6.45, 7) is 5.04. The zero-order valence-corrected chi connectivity index (χ0v) is 12.2. The Labute approximate surface area is 114 Å². The molecule has 1 aliphatic rings. The van der Waals surface area contributed by atoms with Crippen LogP contribution in [0, 0.1) is 0 Å². The normalized spacial score (nSPS) is 25.7. The van der Waals surface area contributed by atoms with E-state index >= 15 is 0 Å². The van der Waals surface area contributed by atoms with Gasteiger partial charge in [0.2, 0.25) is 5.91 Å². The van der Waals surface area contributed by atoms with E-state index in [1.54, 1.807) is 0 Å². The third-order valence-electron chi connectivity index (χ3n) is 3.68. The van der Waals surface area contributed by atoms with Crippen LogP contribution < -0.4 is 10.6 Å². The van der Waals surface area contributed by atoms with Gasteiger partial charge in [-0.05, 0) is 33.4 Å². The third kappa shape index (κ3) is 5.16. The van der Waals surface area contributed by atoms with Gasteiger partial charge >= 0.3 is 5.97 Å². The number of nitrogens with zero attached hydrogens (tertiary/aromatic N) is 1. The summed E-state index contributed by atoms with van der Waals surface area (Å²) in [5, 5.41) is 5.95. The second-order valence-corrected chi connectivity index (χ2v) is 5.24. The summed E-state index contributed by atoms with van der Waals surface area (Å²) in [6, 6.07) is 0.299. The molecule has 0 bridgehead atoms. The largest absolute Gasteiger partial charge is 0.467 e. The molecule has 1 fully saturated rings. The lowest BCUT2D eigenvalue weighted by Gasteiger charge is -2.35. The molecule has 1 aliphatic heterocycles. The Balaban J connectivity index is 2.43. The second-order valence-electron chi connectivity index (χ2n) is 5.24. The minimum atomic E-state index is -0.613. The number of esters is 1. The lowest BCUT2D eigenvalue weighted by molar-refractivity contribution is -0.144. The van der Waals surface area contributed by atoms with Gasteiger partial charge in [-0.15, -0.1) is 0 Å². The average Bonchev–Trinajstić information content (AvgIpc) is 2.37. The maximum atomic E-state index is 11.6. The van der Waals surface area contributed by atoms with Crippen molar-refractivity contribution in [1.29, 1.82) is 0 Å². The lowest BCUT2D eigenvalue weighted by atomic mass is 9.99. The van der Waals surface area contributed by atoms with Crippen molar-refractivity contribution >= 4 is 11.9 Å². The molecule has 6 nitrogen and oxygen atoms in total. The molecular formula is C13H25N3O3. The van der Waals surface area contributed by atoms with E-state index in [1.165, 1.54) is 14.0 Å². The molecule has 3 unspecified atom stereocenters. The molecular weight excluding hydrogens is 246 g/mol. The monoisotopic (exact) mass is 271 g/mol. The number of amides is 1. The van der Waals surface area contributed by atoms with E-state index in [4.69, 9.17) is 0 Å². The number of nitrogens with one attached hydrogen (secondary N) is 2. The predicted octanol–water partition coefficient (Wildman–Crippen LogP) is -0.264. The predicted molar refractivity (Wildman–Crippen MR) is 72.7 cm³/mol. The van der Waals surface area contributed by atoms with Crippen molar-refractivity contribution in [2.45, 2.75) is 44.8 Å². The van der Waals surface area contributed by atoms with E-state index in [2.05, 4.69) is 34.2 Å². The fourth-order valence-electron chi connectivity index (χ4n) is 2.34. The first-order valence-electron chi connectivity index (χ1n) is 6.72. The summed E-state index contributed by atoms with van der Waals surface area (Å²) in [5.74, 6) is -0.641. The Morgan fingerprint density at radius 2 is 2.16 bits per heavy atom. The van der Waals surface area contributed by atoms with Crippen LogP contribution in [0.2, 0.25) is 0 Å². The quantitative estimate of drug-likeness (QED) is 0.674. The van der Waals surface area contributed by atoms with Gasteiger partial charge in [0.25, 0.3) is 0 Å². The summed E-state index contributed by atoms with van der Waals surface area (Å²) in [7, 11) is 3.45. The Bertz CT molecular complexity index is 322. The van der Waals surface area contributed by atoms with Crippen molar-refractivity contribution < 1.29 is 14.3 Å². The third-order valence-corrected chi connectivity index (χ3v) is 3.68. The highest BCUT2D eigenvalue weighted by Gasteiger charge is 2.25. The maximum absolute atomic E-state index is 11.6. The number of ether oxygens (including phenoxy) is 1. The summed E-state index contributed by atoms with van der Waals surface area (Å²) in [4.78, 5) is 24.9. The molecule has 3 atom stereocenters. The van der Waals surface area contributed by atoms with Crippen molar-refractivity contribution in [3.8, 4) is 0 Å². The van der Waals surface area contributed by atoms with Crippen molar-refractivity contribution in [1.82, 2.24) is 15.5 Å². The number of likely N-dealkylation sites (tertiary alicyclic amines) is 1. The number of carbonyl (C=O) groups excluding carboxylic acids is 2. The first-order valence-corrected chi connectivity index (χ1v) is 6.72. The van der Waals surface area contributed by atoms with E-state index in [0.29, 0.717) is 18.6 Å². The fraction of sp³-hybridized carbons (Fsp3) is 0.846. The van der Waals surface area contributed by atoms with Crippen LogP contribution in [0.25, 0.3) is 0 Å². The van der Waals surface area contributed by atoms with Gasteiger partial charge in [0.15, 0.2) is 0 Å². The smallest absolute Gasteiger partial charge is 0.329 e. The van der Waals surface area contributed by atoms with E-state index in [0.717, 1.165) is 19.4 Å². The van der Waals surface area contributed by atoms with Crippen LogP contribution >= 0.6 is 0 Å². The van der Waals surface area contributed by atoms with E-state index in [1.807, 2.05) is 0 Å². The molecule has 2 N–H and O–H groups in total. The lowest BCUT2D eigenvalue weighted by Crippen LogP contribution is -2.52. The zero-order chi connectivity index (χ0) is 14.4. The van der Waals surface area contributed by atoms with Crippen LogP contribution in [-0.2, 0) is 14.3 Å². The first-order chi connectivity index (χ1) is 8.93. The van der Waals surface area contributed by atoms with Gasteiger partial charge in [-0.3, -0.25) is 4.79 Å². The molecule has 0 aromatic carbocycles. The molecule has 1 heterocycles. The summed E-state index contributed by atoms with van der Waals surface area (Å²) in [6.07, 6.45) is 2.10. The van der Waals surface area contributed by atoms with Gasteiger partial charge in [-0.2, -0.15) is 0 Å². The van der Waals surface area contributed by atoms with Gasteiger partial charge in [0, 0.05) is 25.6 Å². The average molecular weight is 271 g/mol. The molecule has 1 saturated heterocycles. The highest BCUT2D eigenvalue weighted by Crippen LogP contribution is 2.15. The van der Waals surface area contributed by atoms with Crippen LogP contribution in [0.1, 0.15) is 26.7 Å². The van der Waals surface area contributed by atoms with E-state index < -0.39 is 12.0 Å². The van der Waals surface area contributed by atoms with Gasteiger partial charge in [-0.25, -0.2) is 4.79 Å². The molecule has 1 amide bonds. The van der Waals surface area contributed by atoms with Gasteiger partial charge in [-0.1, -0.05) is 0 Å². The van der Waals surface area contributed by atoms with Crippen LogP contribution in [0.15, 0.2) is 0 Å². The minimum absolute atomic E-state index is 0.228. The Morgan fingerprint density at radius 1 is 1.47 bits per heavy atom. The number of hydrogen-bond acceptors (Lipinski definition) is 5. The molecule has 1 rings (SSSR count). The van der Waals surface area contributed by atoms with Crippen LogP contribution in [0.4, 0.5) is 0 Å². The van der Waals surface area contributed by atoms with Crippen LogP contribution in [-0.4, -0.2) is 62.1 Å². The number of hydrogen-bond donors (Lipinski definition) is 2. The van der Waals surface area contributed by atoms with Crippen molar-refractivity contribution in [3.63, 3.8) is 0 Å². The van der Waals surface area contributed by atoms with Crippen LogP contribution in [0.5, 0.6) is 0 Å². The highest BCUT2D eigenvalue weighted by atomic mass is 16.5. The summed E-state index contributed by atoms with van der Waals surface area (Å²) >= 11 is 0. The fourth-order valence-corrected chi connectivity index (χ4v) is 2.34. The summed E-state index contributed by atoms with van der Waals surface area (Å²) < 4.78 is 4.69. The zero-order valence-electron chi connectivity index (χ0n) is 12.2. The Hall–Kier alpha value is -1.14. The standard InChI is InChI=1S/C13H25N3O3/c1-9-7-11(5-6-16(9)3)14-8-12(13(18)19-4)15-10(2)17/h9,11-12,14H,5-8H2,1-4H3,(H,15,17). The SMILES string of the molecule is COC(=O)C(CNC1CCN(C)C(C)C1)NC(C)=O. The number of carbonyl (C=O) groups is 2. The van der Waals surface area contributed by atoms with Gasteiger partial charge < -0.3 is 20.3 Å².